The highest BCUT2D eigenvalue weighted by Crippen LogP contribution is 2.28. The van der Waals surface area contributed by atoms with Gasteiger partial charge in [0, 0.05) is 11.2 Å². The number of ether oxygens (including phenoxy) is 1. The maximum absolute atomic E-state index is 11.9. The summed E-state index contributed by atoms with van der Waals surface area (Å²) in [6.45, 7) is 0. The topological polar surface area (TPSA) is 118 Å². The molecule has 1 aromatic heterocycles. The highest BCUT2D eigenvalue weighted by molar-refractivity contribution is 6.31. The number of carboxylic acid groups (broad SMARTS) is 1. The van der Waals surface area contributed by atoms with Crippen molar-refractivity contribution < 1.29 is 19.4 Å². The quantitative estimate of drug-likeness (QED) is 0.836. The normalized spacial score (nSPS) is 10.0. The van der Waals surface area contributed by atoms with Gasteiger partial charge in [0.2, 0.25) is 0 Å². The number of halogens is 1. The lowest BCUT2D eigenvalue weighted by atomic mass is 10.1. The Hall–Kier alpha value is -2.98. The minimum Gasteiger partial charge on any atom is -0.478 e. The molecule has 0 amide bonds. The third-order valence-corrected chi connectivity index (χ3v) is 3.23. The van der Waals surface area contributed by atoms with Crippen molar-refractivity contribution in [2.75, 3.05) is 12.8 Å². The predicted molar refractivity (Wildman–Crippen MR) is 78.2 cm³/mol. The van der Waals surface area contributed by atoms with Crippen LogP contribution in [0.3, 0.4) is 0 Å². The van der Waals surface area contributed by atoms with Crippen molar-refractivity contribution in [3.8, 4) is 11.8 Å². The van der Waals surface area contributed by atoms with Crippen LogP contribution in [-0.2, 0) is 4.74 Å². The summed E-state index contributed by atoms with van der Waals surface area (Å²) in [4.78, 5) is 23.3. The number of rotatable bonds is 3. The molecule has 3 N–H and O–H groups in total. The van der Waals surface area contributed by atoms with Gasteiger partial charge in [0.1, 0.15) is 6.07 Å². The largest absolute Gasteiger partial charge is 0.478 e. The van der Waals surface area contributed by atoms with E-state index < -0.39 is 11.9 Å². The van der Waals surface area contributed by atoms with Crippen molar-refractivity contribution in [3.05, 3.63) is 46.2 Å². The molecule has 2 rings (SSSR count). The lowest BCUT2D eigenvalue weighted by molar-refractivity contribution is 0.0591. The fraction of sp³-hybridized carbons (Fsp3) is 0.0714. The van der Waals surface area contributed by atoms with E-state index in [9.17, 15) is 14.7 Å². The zero-order chi connectivity index (χ0) is 16.4. The molecule has 0 atom stereocenters. The highest BCUT2D eigenvalue weighted by Gasteiger charge is 2.24. The van der Waals surface area contributed by atoms with Crippen molar-refractivity contribution in [2.24, 2.45) is 0 Å². The maximum atomic E-state index is 11.9. The first-order valence-electron chi connectivity index (χ1n) is 5.93. The van der Waals surface area contributed by atoms with E-state index in [2.05, 4.69) is 4.74 Å². The molecule has 112 valence electrons. The van der Waals surface area contributed by atoms with Crippen molar-refractivity contribution in [1.29, 1.82) is 5.26 Å². The molecule has 0 bridgehead atoms. The summed E-state index contributed by atoms with van der Waals surface area (Å²) >= 11 is 5.90. The molecule has 7 nitrogen and oxygen atoms in total. The number of nitrogens with two attached hydrogens (primary N) is 1. The number of aromatic nitrogens is 1. The highest BCUT2D eigenvalue weighted by atomic mass is 35.5. The van der Waals surface area contributed by atoms with Crippen LogP contribution in [0.15, 0.2) is 24.4 Å². The van der Waals surface area contributed by atoms with E-state index in [-0.39, 0.29) is 33.2 Å². The first-order chi connectivity index (χ1) is 10.4. The van der Waals surface area contributed by atoms with Crippen LogP contribution in [0, 0.1) is 11.3 Å². The summed E-state index contributed by atoms with van der Waals surface area (Å²) in [7, 11) is 1.15. The van der Waals surface area contributed by atoms with Gasteiger partial charge in [0.05, 0.1) is 29.6 Å². The molecule has 0 aliphatic rings. The van der Waals surface area contributed by atoms with Crippen molar-refractivity contribution in [1.82, 2.24) is 4.57 Å². The second kappa shape index (κ2) is 5.79. The minimum absolute atomic E-state index is 0.0247. The standard InChI is InChI=1S/C14H10ClN3O4/c1-22-14(21)12-11(17)7(5-16)6-18(12)10-4-8(15)2-3-9(10)13(19)20/h2-4,6H,17H2,1H3,(H,19,20). The van der Waals surface area contributed by atoms with Gasteiger partial charge in [-0.05, 0) is 18.2 Å². The van der Waals surface area contributed by atoms with Crippen molar-refractivity contribution in [2.45, 2.75) is 0 Å². The van der Waals surface area contributed by atoms with E-state index in [1.54, 1.807) is 0 Å². The van der Waals surface area contributed by atoms with Gasteiger partial charge in [-0.1, -0.05) is 11.6 Å². The summed E-state index contributed by atoms with van der Waals surface area (Å²) in [5, 5.41) is 18.6. The molecule has 8 heteroatoms. The molecule has 0 spiro atoms. The number of carbonyl (C=O) groups excluding carboxylic acids is 1. The third-order valence-electron chi connectivity index (χ3n) is 2.99. The zero-order valence-electron chi connectivity index (χ0n) is 11.3. The fourth-order valence-corrected chi connectivity index (χ4v) is 2.16. The van der Waals surface area contributed by atoms with Gasteiger partial charge >= 0.3 is 11.9 Å². The molecule has 1 aromatic carbocycles. The van der Waals surface area contributed by atoms with Crippen molar-refractivity contribution in [3.63, 3.8) is 0 Å². The Morgan fingerprint density at radius 2 is 2.14 bits per heavy atom. The summed E-state index contributed by atoms with van der Waals surface area (Å²) < 4.78 is 5.83. The number of methoxy groups -OCH3 is 1. The van der Waals surface area contributed by atoms with E-state index in [0.29, 0.717) is 0 Å². The maximum Gasteiger partial charge on any atom is 0.357 e. The molecule has 0 aliphatic carbocycles. The molecule has 22 heavy (non-hydrogen) atoms. The van der Waals surface area contributed by atoms with Gasteiger partial charge in [-0.3, -0.25) is 0 Å². The number of benzene rings is 1. The molecule has 0 saturated heterocycles. The average Bonchev–Trinajstić information content (AvgIpc) is 2.82. The Labute approximate surface area is 130 Å². The van der Waals surface area contributed by atoms with Crippen LogP contribution in [0.5, 0.6) is 0 Å². The molecule has 0 aliphatic heterocycles. The van der Waals surface area contributed by atoms with Crippen LogP contribution in [0.25, 0.3) is 5.69 Å². The summed E-state index contributed by atoms with van der Waals surface area (Å²) in [6, 6.07) is 5.90. The zero-order valence-corrected chi connectivity index (χ0v) is 12.1. The van der Waals surface area contributed by atoms with Crippen LogP contribution in [0.2, 0.25) is 5.02 Å². The van der Waals surface area contributed by atoms with Gasteiger partial charge in [0.25, 0.3) is 0 Å². The number of carboxylic acids is 1. The van der Waals surface area contributed by atoms with Crippen molar-refractivity contribution >= 4 is 29.2 Å². The third kappa shape index (κ3) is 2.47. The number of hydrogen-bond donors (Lipinski definition) is 2. The number of nitriles is 1. The van der Waals surface area contributed by atoms with Gasteiger partial charge in [0.15, 0.2) is 5.69 Å². The molecule has 0 radical (unpaired) electrons. The van der Waals surface area contributed by atoms with Crippen LogP contribution >= 0.6 is 11.6 Å². The number of carbonyl (C=O) groups is 2. The lowest BCUT2D eigenvalue weighted by Gasteiger charge is -2.11. The van der Waals surface area contributed by atoms with Crippen LogP contribution in [0.4, 0.5) is 5.69 Å². The van der Waals surface area contributed by atoms with E-state index in [1.807, 2.05) is 6.07 Å². The lowest BCUT2D eigenvalue weighted by Crippen LogP contribution is -2.13. The fourth-order valence-electron chi connectivity index (χ4n) is 1.99. The summed E-state index contributed by atoms with van der Waals surface area (Å²) in [6.07, 6.45) is 1.26. The number of nitrogen functional groups attached to an aromatic ring is 1. The van der Waals surface area contributed by atoms with E-state index in [4.69, 9.17) is 22.6 Å². The Kier molecular flexibility index (Phi) is 4.06. The Bertz CT molecular complexity index is 820. The van der Waals surface area contributed by atoms with Crippen LogP contribution in [-0.4, -0.2) is 28.7 Å². The summed E-state index contributed by atoms with van der Waals surface area (Å²) in [5.41, 5.74) is 5.57. The van der Waals surface area contributed by atoms with E-state index in [1.165, 1.54) is 29.0 Å². The summed E-state index contributed by atoms with van der Waals surface area (Å²) in [5.74, 6) is -2.01. The molecule has 0 fully saturated rings. The van der Waals surface area contributed by atoms with Crippen LogP contribution in [0.1, 0.15) is 26.4 Å². The second-order valence-electron chi connectivity index (χ2n) is 4.25. The van der Waals surface area contributed by atoms with Gasteiger partial charge in [-0.25, -0.2) is 9.59 Å². The Morgan fingerprint density at radius 3 is 2.68 bits per heavy atom. The molecule has 0 saturated carbocycles. The first kappa shape index (κ1) is 15.4. The molecule has 0 unspecified atom stereocenters. The molecular formula is C14H10ClN3O4. The average molecular weight is 320 g/mol. The van der Waals surface area contributed by atoms with E-state index >= 15 is 0 Å². The monoisotopic (exact) mass is 319 g/mol. The molecule has 1 heterocycles. The Balaban J connectivity index is 2.84. The number of aromatic carboxylic acids is 1. The number of esters is 1. The smallest absolute Gasteiger partial charge is 0.357 e. The number of nitrogens with zero attached hydrogens (tertiary/aromatic N) is 2. The van der Waals surface area contributed by atoms with Gasteiger partial charge < -0.3 is 20.1 Å². The first-order valence-corrected chi connectivity index (χ1v) is 6.31. The minimum atomic E-state index is -1.21. The number of anilines is 1. The SMILES string of the molecule is COC(=O)c1c(N)c(C#N)cn1-c1cc(Cl)ccc1C(=O)O. The molecule has 2 aromatic rings. The number of hydrogen-bond acceptors (Lipinski definition) is 5. The van der Waals surface area contributed by atoms with Crippen LogP contribution < -0.4 is 5.73 Å². The Morgan fingerprint density at radius 1 is 1.45 bits per heavy atom. The van der Waals surface area contributed by atoms with E-state index in [0.717, 1.165) is 7.11 Å². The second-order valence-corrected chi connectivity index (χ2v) is 4.68. The van der Waals surface area contributed by atoms with Gasteiger partial charge in [-0.15, -0.1) is 0 Å². The van der Waals surface area contributed by atoms with Gasteiger partial charge in [-0.2, -0.15) is 5.26 Å². The predicted octanol–water partition coefficient (Wildman–Crippen LogP) is 2.07. The molecular weight excluding hydrogens is 310 g/mol.